The van der Waals surface area contributed by atoms with Crippen LogP contribution in [0, 0.1) is 0 Å². The van der Waals surface area contributed by atoms with E-state index in [1.807, 2.05) is 38.1 Å². The first-order valence-corrected chi connectivity index (χ1v) is 6.29. The fourth-order valence-corrected chi connectivity index (χ4v) is 1.56. The highest BCUT2D eigenvalue weighted by Crippen LogP contribution is 2.27. The van der Waals surface area contributed by atoms with Crippen molar-refractivity contribution in [3.05, 3.63) is 29.8 Å². The fraction of sp³-hybridized carbons (Fsp3) is 0.571. The molecule has 17 heavy (non-hydrogen) atoms. The smallest absolute Gasteiger partial charge is 0.119 e. The van der Waals surface area contributed by atoms with E-state index in [1.54, 1.807) is 0 Å². The normalized spacial score (nSPS) is 17.2. The van der Waals surface area contributed by atoms with Crippen LogP contribution in [0.15, 0.2) is 24.3 Å². The van der Waals surface area contributed by atoms with E-state index in [0.29, 0.717) is 12.7 Å². The van der Waals surface area contributed by atoms with Crippen LogP contribution in [0.5, 0.6) is 5.75 Å². The summed E-state index contributed by atoms with van der Waals surface area (Å²) < 4.78 is 11.2. The van der Waals surface area contributed by atoms with Crippen LogP contribution in [-0.2, 0) is 4.74 Å². The zero-order valence-electron chi connectivity index (χ0n) is 10.6. The van der Waals surface area contributed by atoms with Gasteiger partial charge in [0, 0.05) is 0 Å². The minimum Gasteiger partial charge on any atom is -0.490 e. The Labute approximate surface area is 103 Å². The maximum Gasteiger partial charge on any atom is 0.119 e. The predicted molar refractivity (Wildman–Crippen MR) is 68.1 cm³/mol. The highest BCUT2D eigenvalue weighted by molar-refractivity contribution is 5.29. The molecule has 2 rings (SSSR count). The fourth-order valence-electron chi connectivity index (χ4n) is 1.56. The molecule has 1 aromatic rings. The zero-order valence-corrected chi connectivity index (χ0v) is 10.6. The van der Waals surface area contributed by atoms with Crippen molar-refractivity contribution in [2.75, 3.05) is 6.61 Å². The standard InChI is InChI=1S/C14H21NO2/c1-10(2)16-9-14(15)11-3-5-12(6-4-11)17-13-7-8-13/h3-6,10,13-14H,7-9,15H2,1-2H3. The van der Waals surface area contributed by atoms with Gasteiger partial charge >= 0.3 is 0 Å². The second-order valence-corrected chi connectivity index (χ2v) is 4.87. The van der Waals surface area contributed by atoms with Gasteiger partial charge in [-0.2, -0.15) is 0 Å². The Morgan fingerprint density at radius 3 is 2.41 bits per heavy atom. The van der Waals surface area contributed by atoms with Gasteiger partial charge in [-0.15, -0.1) is 0 Å². The highest BCUT2D eigenvalue weighted by Gasteiger charge is 2.23. The van der Waals surface area contributed by atoms with Gasteiger partial charge in [-0.1, -0.05) is 12.1 Å². The quantitative estimate of drug-likeness (QED) is 0.824. The maximum absolute atomic E-state index is 6.04. The average molecular weight is 235 g/mol. The Balaban J connectivity index is 1.87. The lowest BCUT2D eigenvalue weighted by Crippen LogP contribution is -2.19. The molecular weight excluding hydrogens is 214 g/mol. The van der Waals surface area contributed by atoms with Crippen LogP contribution < -0.4 is 10.5 Å². The molecule has 0 radical (unpaired) electrons. The summed E-state index contributed by atoms with van der Waals surface area (Å²) in [5.41, 5.74) is 7.13. The molecule has 3 nitrogen and oxygen atoms in total. The van der Waals surface area contributed by atoms with E-state index in [4.69, 9.17) is 15.2 Å². The molecule has 1 aromatic carbocycles. The van der Waals surface area contributed by atoms with E-state index in [9.17, 15) is 0 Å². The molecule has 1 unspecified atom stereocenters. The van der Waals surface area contributed by atoms with Gasteiger partial charge in [0.1, 0.15) is 5.75 Å². The van der Waals surface area contributed by atoms with Gasteiger partial charge in [0.25, 0.3) is 0 Å². The summed E-state index contributed by atoms with van der Waals surface area (Å²) in [6, 6.07) is 7.96. The number of hydrogen-bond donors (Lipinski definition) is 1. The van der Waals surface area contributed by atoms with Gasteiger partial charge < -0.3 is 15.2 Å². The number of benzene rings is 1. The van der Waals surface area contributed by atoms with Crippen molar-refractivity contribution in [2.24, 2.45) is 5.73 Å². The van der Waals surface area contributed by atoms with Crippen LogP contribution in [0.2, 0.25) is 0 Å². The lowest BCUT2D eigenvalue weighted by Gasteiger charge is -2.15. The molecule has 1 fully saturated rings. The lowest BCUT2D eigenvalue weighted by molar-refractivity contribution is 0.0683. The van der Waals surface area contributed by atoms with Crippen molar-refractivity contribution in [3.8, 4) is 5.75 Å². The lowest BCUT2D eigenvalue weighted by atomic mass is 10.1. The largest absolute Gasteiger partial charge is 0.490 e. The third-order valence-electron chi connectivity index (χ3n) is 2.74. The van der Waals surface area contributed by atoms with Crippen molar-refractivity contribution in [1.29, 1.82) is 0 Å². The van der Waals surface area contributed by atoms with E-state index in [0.717, 1.165) is 11.3 Å². The molecule has 0 aromatic heterocycles. The summed E-state index contributed by atoms with van der Waals surface area (Å²) >= 11 is 0. The van der Waals surface area contributed by atoms with Crippen LogP contribution in [0.4, 0.5) is 0 Å². The van der Waals surface area contributed by atoms with E-state index >= 15 is 0 Å². The monoisotopic (exact) mass is 235 g/mol. The Hall–Kier alpha value is -1.06. The van der Waals surface area contributed by atoms with E-state index in [1.165, 1.54) is 12.8 Å². The summed E-state index contributed by atoms with van der Waals surface area (Å²) in [6.07, 6.45) is 3.03. The Morgan fingerprint density at radius 2 is 1.88 bits per heavy atom. The Bertz CT molecular complexity index is 344. The Morgan fingerprint density at radius 1 is 1.24 bits per heavy atom. The van der Waals surface area contributed by atoms with Crippen LogP contribution in [0.1, 0.15) is 38.3 Å². The zero-order chi connectivity index (χ0) is 12.3. The van der Waals surface area contributed by atoms with Crippen LogP contribution in [0.3, 0.4) is 0 Å². The molecule has 94 valence electrons. The maximum atomic E-state index is 6.04. The Kier molecular flexibility index (Phi) is 4.02. The molecule has 0 aliphatic heterocycles. The van der Waals surface area contributed by atoms with Crippen molar-refractivity contribution in [2.45, 2.75) is 44.9 Å². The molecule has 1 atom stereocenters. The first-order valence-electron chi connectivity index (χ1n) is 6.29. The molecule has 2 N–H and O–H groups in total. The molecule has 1 aliphatic carbocycles. The van der Waals surface area contributed by atoms with Crippen molar-refractivity contribution >= 4 is 0 Å². The molecule has 0 saturated heterocycles. The molecule has 1 saturated carbocycles. The van der Waals surface area contributed by atoms with E-state index < -0.39 is 0 Å². The third-order valence-corrected chi connectivity index (χ3v) is 2.74. The molecule has 0 bridgehead atoms. The first-order chi connectivity index (χ1) is 8.15. The summed E-state index contributed by atoms with van der Waals surface area (Å²) in [7, 11) is 0. The topological polar surface area (TPSA) is 44.5 Å². The summed E-state index contributed by atoms with van der Waals surface area (Å²) in [5, 5.41) is 0. The molecule has 1 aliphatic rings. The van der Waals surface area contributed by atoms with E-state index in [2.05, 4.69) is 0 Å². The van der Waals surface area contributed by atoms with Gasteiger partial charge in [0.05, 0.1) is 24.9 Å². The molecule has 0 spiro atoms. The second-order valence-electron chi connectivity index (χ2n) is 4.87. The van der Waals surface area contributed by atoms with E-state index in [-0.39, 0.29) is 12.1 Å². The van der Waals surface area contributed by atoms with Crippen LogP contribution >= 0.6 is 0 Å². The third kappa shape index (κ3) is 4.02. The van der Waals surface area contributed by atoms with Crippen LogP contribution in [0.25, 0.3) is 0 Å². The molecule has 3 heteroatoms. The van der Waals surface area contributed by atoms with Gasteiger partial charge in [-0.05, 0) is 44.4 Å². The predicted octanol–water partition coefficient (Wildman–Crippen LogP) is 2.65. The molecule has 0 heterocycles. The average Bonchev–Trinajstić information content (AvgIpc) is 3.11. The minimum absolute atomic E-state index is 0.0626. The van der Waals surface area contributed by atoms with Crippen molar-refractivity contribution in [3.63, 3.8) is 0 Å². The van der Waals surface area contributed by atoms with Gasteiger partial charge in [0.2, 0.25) is 0 Å². The van der Waals surface area contributed by atoms with Gasteiger partial charge in [-0.3, -0.25) is 0 Å². The highest BCUT2D eigenvalue weighted by atomic mass is 16.5. The number of nitrogens with two attached hydrogens (primary N) is 1. The van der Waals surface area contributed by atoms with Crippen LogP contribution in [-0.4, -0.2) is 18.8 Å². The van der Waals surface area contributed by atoms with Crippen molar-refractivity contribution in [1.82, 2.24) is 0 Å². The summed E-state index contributed by atoms with van der Waals surface area (Å²) in [5.74, 6) is 0.938. The summed E-state index contributed by atoms with van der Waals surface area (Å²) in [4.78, 5) is 0. The first kappa shape index (κ1) is 12.4. The number of hydrogen-bond acceptors (Lipinski definition) is 3. The summed E-state index contributed by atoms with van der Waals surface area (Å²) in [6.45, 7) is 4.58. The molecular formula is C14H21NO2. The van der Waals surface area contributed by atoms with Crippen molar-refractivity contribution < 1.29 is 9.47 Å². The number of rotatable bonds is 6. The van der Waals surface area contributed by atoms with Gasteiger partial charge in [-0.25, -0.2) is 0 Å². The number of ether oxygens (including phenoxy) is 2. The van der Waals surface area contributed by atoms with Gasteiger partial charge in [0.15, 0.2) is 0 Å². The SMILES string of the molecule is CC(C)OCC(N)c1ccc(OC2CC2)cc1. The minimum atomic E-state index is -0.0626. The molecule has 0 amide bonds. The second kappa shape index (κ2) is 5.52.